The number of hydrogen-bond donors (Lipinski definition) is 0. The van der Waals surface area contributed by atoms with Gasteiger partial charge in [-0.1, -0.05) is 40.5 Å². The highest BCUT2D eigenvalue weighted by atomic mass is 28.4. The van der Waals surface area contributed by atoms with E-state index in [0.717, 1.165) is 48.3 Å². The summed E-state index contributed by atoms with van der Waals surface area (Å²) in [7, 11) is 0.0590. The molecule has 1 unspecified atom stereocenters. The maximum atomic E-state index is 11.8. The Labute approximate surface area is 218 Å². The molecule has 4 saturated carbocycles. The highest BCUT2D eigenvalue weighted by molar-refractivity contribution is 6.69. The summed E-state index contributed by atoms with van der Waals surface area (Å²) in [6.45, 7) is 17.0. The van der Waals surface area contributed by atoms with Gasteiger partial charge in [-0.2, -0.15) is 0 Å². The Kier molecular flexibility index (Phi) is 8.24. The molecule has 0 radical (unpaired) electrons. The van der Waals surface area contributed by atoms with Crippen molar-refractivity contribution in [2.24, 2.45) is 52.3 Å². The second kappa shape index (κ2) is 10.4. The highest BCUT2D eigenvalue weighted by Crippen LogP contribution is 2.68. The molecule has 0 bridgehead atoms. The summed E-state index contributed by atoms with van der Waals surface area (Å²) in [4.78, 5) is 11.8. The first-order valence-corrected chi connectivity index (χ1v) is 18.6. The Morgan fingerprint density at radius 1 is 0.914 bits per heavy atom. The summed E-state index contributed by atoms with van der Waals surface area (Å²) in [5.41, 5.74) is 1.09. The molecule has 0 heterocycles. The SMILES string of the molecule is COC(=O)C(C)CCC[C@@H](C)[C@H]1CC[C@H]2[C@@H]3CC[C@@H]4C[C@H](O[Si](C)(C)C)CC[C@]4(C)[C@H]3CC[C@]12C. The molecular weight excluding hydrogens is 448 g/mol. The summed E-state index contributed by atoms with van der Waals surface area (Å²) < 4.78 is 11.5. The Balaban J connectivity index is 1.38. The van der Waals surface area contributed by atoms with Crippen LogP contribution in [0.1, 0.15) is 105 Å². The van der Waals surface area contributed by atoms with Crippen LogP contribution < -0.4 is 0 Å². The zero-order valence-electron chi connectivity index (χ0n) is 24.3. The third-order valence-electron chi connectivity index (χ3n) is 11.8. The molecule has 4 aliphatic carbocycles. The van der Waals surface area contributed by atoms with Crippen LogP contribution in [-0.2, 0) is 14.0 Å². The topological polar surface area (TPSA) is 35.5 Å². The number of carbonyl (C=O) groups is 1. The van der Waals surface area contributed by atoms with Gasteiger partial charge in [0, 0.05) is 6.10 Å². The molecule has 0 aromatic heterocycles. The van der Waals surface area contributed by atoms with Crippen LogP contribution in [0.3, 0.4) is 0 Å². The monoisotopic (exact) mass is 504 g/mol. The largest absolute Gasteiger partial charge is 0.469 e. The lowest BCUT2D eigenvalue weighted by atomic mass is 9.44. The van der Waals surface area contributed by atoms with Crippen molar-refractivity contribution in [1.82, 2.24) is 0 Å². The fourth-order valence-electron chi connectivity index (χ4n) is 10.1. The van der Waals surface area contributed by atoms with Crippen LogP contribution in [0.15, 0.2) is 0 Å². The maximum Gasteiger partial charge on any atom is 0.308 e. The first-order chi connectivity index (χ1) is 16.4. The van der Waals surface area contributed by atoms with Crippen molar-refractivity contribution in [1.29, 1.82) is 0 Å². The van der Waals surface area contributed by atoms with E-state index >= 15 is 0 Å². The molecule has 0 aromatic rings. The van der Waals surface area contributed by atoms with Gasteiger partial charge >= 0.3 is 5.97 Å². The second-order valence-corrected chi connectivity index (χ2v) is 19.3. The van der Waals surface area contributed by atoms with E-state index in [1.165, 1.54) is 71.3 Å². The van der Waals surface area contributed by atoms with Crippen molar-refractivity contribution in [3.8, 4) is 0 Å². The minimum Gasteiger partial charge on any atom is -0.469 e. The van der Waals surface area contributed by atoms with Gasteiger partial charge in [-0.25, -0.2) is 0 Å². The molecule has 0 saturated heterocycles. The van der Waals surface area contributed by atoms with Gasteiger partial charge in [-0.05, 0) is 130 Å². The predicted molar refractivity (Wildman–Crippen MR) is 148 cm³/mol. The molecule has 4 fully saturated rings. The van der Waals surface area contributed by atoms with E-state index in [9.17, 15) is 4.79 Å². The summed E-state index contributed by atoms with van der Waals surface area (Å²) in [6.07, 6.45) is 16.7. The number of methoxy groups -OCH3 is 1. The lowest BCUT2D eigenvalue weighted by Crippen LogP contribution is -2.54. The first kappa shape index (κ1) is 27.7. The summed E-state index contributed by atoms with van der Waals surface area (Å²) >= 11 is 0. The Bertz CT molecular complexity index is 746. The van der Waals surface area contributed by atoms with Gasteiger partial charge in [0.1, 0.15) is 0 Å². The average Bonchev–Trinajstić information content (AvgIpc) is 3.15. The van der Waals surface area contributed by atoms with Crippen molar-refractivity contribution in [2.75, 3.05) is 7.11 Å². The normalized spacial score (nSPS) is 43.0. The lowest BCUT2D eigenvalue weighted by Gasteiger charge is -2.61. The van der Waals surface area contributed by atoms with Crippen molar-refractivity contribution >= 4 is 14.3 Å². The zero-order valence-corrected chi connectivity index (χ0v) is 25.3. The van der Waals surface area contributed by atoms with Crippen LogP contribution in [0.4, 0.5) is 0 Å². The van der Waals surface area contributed by atoms with E-state index in [4.69, 9.17) is 9.16 Å². The summed E-state index contributed by atoms with van der Waals surface area (Å²) in [6, 6.07) is 0. The van der Waals surface area contributed by atoms with Crippen molar-refractivity contribution < 1.29 is 14.0 Å². The van der Waals surface area contributed by atoms with Crippen LogP contribution in [0.25, 0.3) is 0 Å². The van der Waals surface area contributed by atoms with Gasteiger partial charge < -0.3 is 9.16 Å². The van der Waals surface area contributed by atoms with Crippen molar-refractivity contribution in [3.63, 3.8) is 0 Å². The predicted octanol–water partition coefficient (Wildman–Crippen LogP) is 8.48. The van der Waals surface area contributed by atoms with Gasteiger partial charge in [-0.3, -0.25) is 4.79 Å². The van der Waals surface area contributed by atoms with Gasteiger partial charge in [-0.15, -0.1) is 0 Å². The number of fused-ring (bicyclic) bond motifs is 5. The smallest absolute Gasteiger partial charge is 0.308 e. The van der Waals surface area contributed by atoms with E-state index in [0.29, 0.717) is 16.9 Å². The average molecular weight is 505 g/mol. The second-order valence-electron chi connectivity index (χ2n) is 14.8. The summed E-state index contributed by atoms with van der Waals surface area (Å²) in [5, 5.41) is 0. The Morgan fingerprint density at radius 2 is 1.60 bits per heavy atom. The molecule has 0 N–H and O–H groups in total. The molecule has 10 atom stereocenters. The molecule has 4 heteroatoms. The van der Waals surface area contributed by atoms with E-state index in [2.05, 4.69) is 40.4 Å². The molecule has 0 aromatic carbocycles. The molecule has 3 nitrogen and oxygen atoms in total. The molecule has 0 spiro atoms. The minimum absolute atomic E-state index is 0.0386. The number of ether oxygens (including phenoxy) is 1. The van der Waals surface area contributed by atoms with Crippen molar-refractivity contribution in [2.45, 2.75) is 130 Å². The molecule has 35 heavy (non-hydrogen) atoms. The van der Waals surface area contributed by atoms with Crippen LogP contribution in [-0.4, -0.2) is 27.5 Å². The fourth-order valence-corrected chi connectivity index (χ4v) is 11.3. The third-order valence-corrected chi connectivity index (χ3v) is 12.8. The molecule has 0 amide bonds. The molecule has 0 aliphatic heterocycles. The van der Waals surface area contributed by atoms with E-state index in [-0.39, 0.29) is 11.9 Å². The Hall–Kier alpha value is -0.353. The van der Waals surface area contributed by atoms with E-state index in [1.54, 1.807) is 0 Å². The van der Waals surface area contributed by atoms with Crippen LogP contribution >= 0.6 is 0 Å². The van der Waals surface area contributed by atoms with Gasteiger partial charge in [0.2, 0.25) is 0 Å². The molecule has 202 valence electrons. The maximum absolute atomic E-state index is 11.8. The Morgan fingerprint density at radius 3 is 2.29 bits per heavy atom. The standard InChI is InChI=1S/C31H56O3Si/c1-21(10-9-11-22(2)29(32)33-5)26-14-15-27-25-13-12-23-20-24(34-35(6,7)8)16-18-30(23,3)28(25)17-19-31(26,27)4/h21-28H,9-20H2,1-8H3/t21-,22?,23-,24-,25+,26-,27+,28+,30+,31-/m1/s1. The lowest BCUT2D eigenvalue weighted by molar-refractivity contribution is -0.145. The minimum atomic E-state index is -1.45. The van der Waals surface area contributed by atoms with Gasteiger partial charge in [0.15, 0.2) is 8.32 Å². The van der Waals surface area contributed by atoms with Crippen LogP contribution in [0, 0.1) is 52.3 Å². The molecular formula is C31H56O3Si. The van der Waals surface area contributed by atoms with Gasteiger partial charge in [0.25, 0.3) is 0 Å². The van der Waals surface area contributed by atoms with Crippen LogP contribution in [0.2, 0.25) is 19.6 Å². The highest BCUT2D eigenvalue weighted by Gasteiger charge is 2.60. The van der Waals surface area contributed by atoms with E-state index in [1.807, 2.05) is 6.92 Å². The zero-order chi connectivity index (χ0) is 25.6. The van der Waals surface area contributed by atoms with Crippen LogP contribution in [0.5, 0.6) is 0 Å². The van der Waals surface area contributed by atoms with Gasteiger partial charge in [0.05, 0.1) is 13.0 Å². The molecule has 4 rings (SSSR count). The fraction of sp³-hybridized carbons (Fsp3) is 0.968. The van der Waals surface area contributed by atoms with E-state index < -0.39 is 8.32 Å². The summed E-state index contributed by atoms with van der Waals surface area (Å²) in [5.74, 6) is 5.36. The first-order valence-electron chi connectivity index (χ1n) is 15.1. The third kappa shape index (κ3) is 5.45. The molecule has 4 aliphatic rings. The number of carbonyl (C=O) groups excluding carboxylic acids is 1. The number of rotatable bonds is 8. The quantitative estimate of drug-likeness (QED) is 0.245. The number of esters is 1. The van der Waals surface area contributed by atoms with Crippen molar-refractivity contribution in [3.05, 3.63) is 0 Å². The number of hydrogen-bond acceptors (Lipinski definition) is 3.